The Morgan fingerprint density at radius 1 is 1.19 bits per heavy atom. The number of hydrogen-bond acceptors (Lipinski definition) is 2. The molecule has 0 aliphatic carbocycles. The van der Waals surface area contributed by atoms with Crippen molar-refractivity contribution in [3.8, 4) is 0 Å². The van der Waals surface area contributed by atoms with Gasteiger partial charge in [0.1, 0.15) is 0 Å². The molecule has 2 rings (SSSR count). The first kappa shape index (κ1) is 11.6. The molecule has 0 radical (unpaired) electrons. The molecule has 2 heteroatoms. The molecule has 0 bridgehead atoms. The van der Waals surface area contributed by atoms with Crippen LogP contribution in [0.1, 0.15) is 47.1 Å². The van der Waals surface area contributed by atoms with Gasteiger partial charge in [0, 0.05) is 21.7 Å². The lowest BCUT2D eigenvalue weighted by atomic mass is 10.0. The molecule has 0 amide bonds. The lowest BCUT2D eigenvalue weighted by Crippen LogP contribution is -1.93. The van der Waals surface area contributed by atoms with E-state index in [1.807, 2.05) is 11.3 Å². The maximum Gasteiger partial charge on any atom is 0.0490 e. The standard InChI is InChI=1S/C14H19NS/c1-10-7-5-4-6-8-13-11(2)12(3)16-14(13)9-15-10/h7,9H,4-6,8H2,1-3H3/b10-7+,15-9-. The van der Waals surface area contributed by atoms with Crippen molar-refractivity contribution in [2.24, 2.45) is 4.99 Å². The third-order valence-electron chi connectivity index (χ3n) is 3.25. The average molecular weight is 233 g/mol. The molecule has 2 heterocycles. The molecular formula is C14H19NS. The van der Waals surface area contributed by atoms with E-state index in [2.05, 4.69) is 38.1 Å². The molecule has 1 nitrogen and oxygen atoms in total. The van der Waals surface area contributed by atoms with E-state index in [0.29, 0.717) is 0 Å². The summed E-state index contributed by atoms with van der Waals surface area (Å²) in [4.78, 5) is 7.33. The molecule has 0 atom stereocenters. The van der Waals surface area contributed by atoms with Gasteiger partial charge in [0.15, 0.2) is 0 Å². The molecule has 16 heavy (non-hydrogen) atoms. The van der Waals surface area contributed by atoms with Crippen LogP contribution in [-0.2, 0) is 6.42 Å². The summed E-state index contributed by atoms with van der Waals surface area (Å²) in [5.74, 6) is 0. The summed E-state index contributed by atoms with van der Waals surface area (Å²) in [6, 6.07) is 0. The molecule has 0 fully saturated rings. The summed E-state index contributed by atoms with van der Waals surface area (Å²) in [5, 5.41) is 0. The maximum absolute atomic E-state index is 4.53. The summed E-state index contributed by atoms with van der Waals surface area (Å²) in [7, 11) is 0. The number of hydrogen-bond donors (Lipinski definition) is 0. The zero-order valence-corrected chi connectivity index (χ0v) is 11.2. The molecule has 1 aromatic heterocycles. The van der Waals surface area contributed by atoms with Crippen LogP contribution >= 0.6 is 11.3 Å². The third-order valence-corrected chi connectivity index (χ3v) is 4.43. The lowest BCUT2D eigenvalue weighted by molar-refractivity contribution is 0.742. The van der Waals surface area contributed by atoms with E-state index in [1.165, 1.54) is 46.6 Å². The molecule has 1 aromatic rings. The predicted molar refractivity (Wildman–Crippen MR) is 72.7 cm³/mol. The zero-order chi connectivity index (χ0) is 11.5. The van der Waals surface area contributed by atoms with Crippen LogP contribution in [0, 0.1) is 13.8 Å². The van der Waals surface area contributed by atoms with Gasteiger partial charge in [-0.2, -0.15) is 0 Å². The highest BCUT2D eigenvalue weighted by Gasteiger charge is 2.11. The fraction of sp³-hybridized carbons (Fsp3) is 0.500. The van der Waals surface area contributed by atoms with Crippen molar-refractivity contribution in [1.82, 2.24) is 0 Å². The molecule has 0 saturated carbocycles. The van der Waals surface area contributed by atoms with Gasteiger partial charge in [0.05, 0.1) is 0 Å². The number of aryl methyl sites for hydroxylation is 1. The smallest absolute Gasteiger partial charge is 0.0490 e. The first-order valence-electron chi connectivity index (χ1n) is 5.98. The van der Waals surface area contributed by atoms with Crippen molar-refractivity contribution in [3.05, 3.63) is 32.7 Å². The van der Waals surface area contributed by atoms with Crippen LogP contribution in [0.5, 0.6) is 0 Å². The molecule has 0 N–H and O–H groups in total. The van der Waals surface area contributed by atoms with Gasteiger partial charge >= 0.3 is 0 Å². The first-order chi connectivity index (χ1) is 7.68. The molecule has 0 aromatic carbocycles. The fourth-order valence-corrected chi connectivity index (χ4v) is 3.18. The van der Waals surface area contributed by atoms with Crippen molar-refractivity contribution < 1.29 is 0 Å². The first-order valence-corrected chi connectivity index (χ1v) is 6.80. The number of rotatable bonds is 0. The Morgan fingerprint density at radius 2 is 2.00 bits per heavy atom. The Balaban J connectivity index is 2.40. The van der Waals surface area contributed by atoms with Crippen LogP contribution in [0.15, 0.2) is 16.8 Å². The van der Waals surface area contributed by atoms with E-state index in [1.54, 1.807) is 0 Å². The van der Waals surface area contributed by atoms with Gasteiger partial charge < -0.3 is 0 Å². The molecule has 1 aliphatic heterocycles. The Labute approximate surface area is 102 Å². The van der Waals surface area contributed by atoms with Crippen LogP contribution in [0.25, 0.3) is 0 Å². The fourth-order valence-electron chi connectivity index (χ4n) is 2.09. The maximum atomic E-state index is 4.53. The Bertz CT molecular complexity index is 438. The molecule has 0 saturated heterocycles. The van der Waals surface area contributed by atoms with Gasteiger partial charge in [0.25, 0.3) is 0 Å². The normalized spacial score (nSPS) is 22.1. The summed E-state index contributed by atoms with van der Waals surface area (Å²) < 4.78 is 0. The van der Waals surface area contributed by atoms with Crippen LogP contribution in [0.4, 0.5) is 0 Å². The number of nitrogens with zero attached hydrogens (tertiary/aromatic N) is 1. The lowest BCUT2D eigenvalue weighted by Gasteiger charge is -2.04. The number of fused-ring (bicyclic) bond motifs is 1. The second-order valence-electron chi connectivity index (χ2n) is 4.48. The average Bonchev–Trinajstić information content (AvgIpc) is 2.53. The van der Waals surface area contributed by atoms with Gasteiger partial charge in [0.2, 0.25) is 0 Å². The number of thiophene rings is 1. The minimum atomic E-state index is 1.15. The summed E-state index contributed by atoms with van der Waals surface area (Å²) >= 11 is 1.88. The van der Waals surface area contributed by atoms with Crippen molar-refractivity contribution in [1.29, 1.82) is 0 Å². The highest BCUT2D eigenvalue weighted by molar-refractivity contribution is 7.14. The summed E-state index contributed by atoms with van der Waals surface area (Å²) in [5.41, 5.74) is 4.16. The second-order valence-corrected chi connectivity index (χ2v) is 5.73. The van der Waals surface area contributed by atoms with E-state index < -0.39 is 0 Å². The zero-order valence-electron chi connectivity index (χ0n) is 10.3. The van der Waals surface area contributed by atoms with E-state index in [0.717, 1.165) is 5.70 Å². The van der Waals surface area contributed by atoms with Crippen LogP contribution < -0.4 is 0 Å². The Kier molecular flexibility index (Phi) is 3.59. The predicted octanol–water partition coefficient (Wildman–Crippen LogP) is 4.41. The molecule has 86 valence electrons. The summed E-state index contributed by atoms with van der Waals surface area (Å²) in [6.45, 7) is 6.54. The quantitative estimate of drug-likeness (QED) is 0.629. The monoisotopic (exact) mass is 233 g/mol. The number of allylic oxidation sites excluding steroid dienone is 2. The van der Waals surface area contributed by atoms with E-state index in [9.17, 15) is 0 Å². The molecule has 1 aliphatic rings. The second kappa shape index (κ2) is 4.96. The van der Waals surface area contributed by atoms with E-state index in [4.69, 9.17) is 0 Å². The van der Waals surface area contributed by atoms with Gasteiger partial charge in [-0.15, -0.1) is 11.3 Å². The van der Waals surface area contributed by atoms with E-state index in [-0.39, 0.29) is 0 Å². The molecule has 0 spiro atoms. The highest BCUT2D eigenvalue weighted by atomic mass is 32.1. The van der Waals surface area contributed by atoms with Crippen LogP contribution in [0.3, 0.4) is 0 Å². The molecule has 0 unspecified atom stereocenters. The summed E-state index contributed by atoms with van der Waals surface area (Å²) in [6.07, 6.45) is 9.25. The van der Waals surface area contributed by atoms with Crippen molar-refractivity contribution in [2.75, 3.05) is 0 Å². The Hall–Kier alpha value is -0.890. The van der Waals surface area contributed by atoms with Crippen LogP contribution in [-0.4, -0.2) is 6.21 Å². The topological polar surface area (TPSA) is 12.4 Å². The highest BCUT2D eigenvalue weighted by Crippen LogP contribution is 2.28. The third kappa shape index (κ3) is 2.43. The van der Waals surface area contributed by atoms with Crippen molar-refractivity contribution >= 4 is 17.6 Å². The minimum absolute atomic E-state index is 1.15. The van der Waals surface area contributed by atoms with Crippen molar-refractivity contribution in [3.63, 3.8) is 0 Å². The van der Waals surface area contributed by atoms with Gasteiger partial charge in [-0.25, -0.2) is 0 Å². The van der Waals surface area contributed by atoms with Crippen LogP contribution in [0.2, 0.25) is 0 Å². The molecular weight excluding hydrogens is 214 g/mol. The minimum Gasteiger partial charge on any atom is -0.260 e. The SMILES string of the molecule is CC1=C\CCCCc2c(sc(C)c2C)/C=N\1. The van der Waals surface area contributed by atoms with Gasteiger partial charge in [-0.3, -0.25) is 4.99 Å². The van der Waals surface area contributed by atoms with Gasteiger partial charge in [-0.05, 0) is 57.6 Å². The Morgan fingerprint density at radius 3 is 2.81 bits per heavy atom. The van der Waals surface area contributed by atoms with Crippen molar-refractivity contribution in [2.45, 2.75) is 46.5 Å². The van der Waals surface area contributed by atoms with Gasteiger partial charge in [-0.1, -0.05) is 6.08 Å². The number of aliphatic imine (C=N–C) groups is 1. The van der Waals surface area contributed by atoms with E-state index >= 15 is 0 Å². The largest absolute Gasteiger partial charge is 0.260 e.